The largest absolute Gasteiger partial charge is 0.491 e. The van der Waals surface area contributed by atoms with Gasteiger partial charge < -0.3 is 25.0 Å². The predicted molar refractivity (Wildman–Crippen MR) is 175 cm³/mol. The molecule has 242 valence electrons. The molecule has 2 N–H and O–H groups in total. The summed E-state index contributed by atoms with van der Waals surface area (Å²) in [6.07, 6.45) is 7.60. The number of carbonyl (C=O) groups is 3. The first-order valence-electron chi connectivity index (χ1n) is 15.2. The van der Waals surface area contributed by atoms with Crippen molar-refractivity contribution >= 4 is 69.2 Å². The zero-order chi connectivity index (χ0) is 32.0. The summed E-state index contributed by atoms with van der Waals surface area (Å²) in [7, 11) is 0. The summed E-state index contributed by atoms with van der Waals surface area (Å²) >= 11 is 7.31. The summed E-state index contributed by atoms with van der Waals surface area (Å²) in [5.41, 5.74) is 1.64. The maximum absolute atomic E-state index is 13.7. The first-order chi connectivity index (χ1) is 22.3. The zero-order valence-electron chi connectivity index (χ0n) is 25.0. The molecule has 11 nitrogen and oxygen atoms in total. The van der Waals surface area contributed by atoms with Crippen LogP contribution >= 0.6 is 23.4 Å². The molecule has 1 atom stereocenters. The second-order valence-electron chi connectivity index (χ2n) is 11.4. The lowest BCUT2D eigenvalue weighted by Crippen LogP contribution is -2.49. The zero-order valence-corrected chi connectivity index (χ0v) is 26.6. The third-order valence-electron chi connectivity index (χ3n) is 8.00. The van der Waals surface area contributed by atoms with Crippen molar-refractivity contribution in [1.82, 2.24) is 19.8 Å². The highest BCUT2D eigenvalue weighted by Gasteiger charge is 2.29. The van der Waals surface area contributed by atoms with Crippen LogP contribution in [0, 0.1) is 11.7 Å². The minimum Gasteiger partial charge on any atom is -0.491 e. The number of esters is 1. The molecule has 0 spiro atoms. The van der Waals surface area contributed by atoms with Crippen LogP contribution in [0.2, 0.25) is 5.02 Å². The van der Waals surface area contributed by atoms with Gasteiger partial charge in [0, 0.05) is 62.4 Å². The molecule has 6 rings (SSSR count). The normalized spacial score (nSPS) is 18.6. The number of rotatable bonds is 12. The number of hydrogen-bond acceptors (Lipinski definition) is 10. The average Bonchev–Trinajstić information content (AvgIpc) is 3.79. The van der Waals surface area contributed by atoms with Crippen LogP contribution in [0.25, 0.3) is 10.9 Å². The fourth-order valence-corrected chi connectivity index (χ4v) is 6.33. The van der Waals surface area contributed by atoms with Crippen LogP contribution in [-0.4, -0.2) is 94.5 Å². The number of carbonyl (C=O) groups excluding carboxylic acids is 3. The number of fused-ring (bicyclic) bond motifs is 1. The second kappa shape index (κ2) is 14.7. The quantitative estimate of drug-likeness (QED) is 0.208. The molecule has 2 saturated heterocycles. The number of hydrogen-bond donors (Lipinski definition) is 2. The molecule has 1 saturated carbocycles. The number of thioether (sulfide) groups is 1. The number of nitrogens with one attached hydrogen (secondary N) is 2. The first kappa shape index (κ1) is 32.0. The van der Waals surface area contributed by atoms with Gasteiger partial charge in [-0.25, -0.2) is 14.4 Å². The van der Waals surface area contributed by atoms with Gasteiger partial charge in [0.1, 0.15) is 29.0 Å². The van der Waals surface area contributed by atoms with Gasteiger partial charge in [-0.15, -0.1) is 11.8 Å². The lowest BCUT2D eigenvalue weighted by atomic mass is 10.1. The Bertz CT molecular complexity index is 1650. The van der Waals surface area contributed by atoms with Gasteiger partial charge in [0.2, 0.25) is 11.8 Å². The fraction of sp³-hybridized carbons (Fsp3) is 0.406. The number of nitrogens with zero attached hydrogens (tertiary/aromatic N) is 4. The molecule has 1 unspecified atom stereocenters. The molecule has 3 heterocycles. The third kappa shape index (κ3) is 8.25. The molecular formula is C32H34ClFN6O5S. The van der Waals surface area contributed by atoms with Gasteiger partial charge in [0.25, 0.3) is 0 Å². The Balaban J connectivity index is 1.06. The van der Waals surface area contributed by atoms with Crippen LogP contribution < -0.4 is 15.4 Å². The number of cyclic esters (lactones) is 1. The molecule has 2 amide bonds. The lowest BCUT2D eigenvalue weighted by Gasteiger charge is -2.34. The summed E-state index contributed by atoms with van der Waals surface area (Å²) < 4.78 is 24.7. The molecular weight excluding hydrogens is 635 g/mol. The number of ether oxygens (including phenoxy) is 2. The maximum atomic E-state index is 13.7. The van der Waals surface area contributed by atoms with Gasteiger partial charge in [-0.05, 0) is 43.0 Å². The van der Waals surface area contributed by atoms with Gasteiger partial charge >= 0.3 is 5.97 Å². The van der Waals surface area contributed by atoms with Crippen LogP contribution in [0.4, 0.5) is 21.6 Å². The van der Waals surface area contributed by atoms with Crippen LogP contribution in [0.3, 0.4) is 0 Å². The van der Waals surface area contributed by atoms with Gasteiger partial charge in [0.05, 0.1) is 35.2 Å². The minimum absolute atomic E-state index is 0.0162. The Morgan fingerprint density at radius 3 is 2.70 bits per heavy atom. The van der Waals surface area contributed by atoms with Gasteiger partial charge in [0.15, 0.2) is 0 Å². The molecule has 3 fully saturated rings. The molecule has 14 heteroatoms. The van der Waals surface area contributed by atoms with Gasteiger partial charge in [-0.1, -0.05) is 17.7 Å². The smallest absolute Gasteiger partial charge is 0.319 e. The van der Waals surface area contributed by atoms with Crippen molar-refractivity contribution in [2.75, 3.05) is 62.3 Å². The topological polar surface area (TPSA) is 126 Å². The Labute approximate surface area is 274 Å². The monoisotopic (exact) mass is 668 g/mol. The van der Waals surface area contributed by atoms with E-state index in [0.29, 0.717) is 92.1 Å². The van der Waals surface area contributed by atoms with Crippen molar-refractivity contribution in [3.63, 3.8) is 0 Å². The van der Waals surface area contributed by atoms with Crippen LogP contribution in [0.15, 0.2) is 48.8 Å². The number of piperazine rings is 1. The van der Waals surface area contributed by atoms with Crippen molar-refractivity contribution in [3.05, 3.63) is 59.7 Å². The van der Waals surface area contributed by atoms with E-state index in [1.54, 1.807) is 24.3 Å². The van der Waals surface area contributed by atoms with E-state index >= 15 is 0 Å². The maximum Gasteiger partial charge on any atom is 0.319 e. The summed E-state index contributed by atoms with van der Waals surface area (Å²) in [5, 5.41) is 6.47. The molecule has 46 heavy (non-hydrogen) atoms. The molecule has 3 aromatic rings. The molecule has 1 aliphatic carbocycles. The molecule has 2 aliphatic heterocycles. The molecule has 1 aromatic heterocycles. The summed E-state index contributed by atoms with van der Waals surface area (Å²) in [6.45, 7) is 4.10. The Morgan fingerprint density at radius 1 is 1.13 bits per heavy atom. The van der Waals surface area contributed by atoms with E-state index < -0.39 is 5.82 Å². The fourth-order valence-electron chi connectivity index (χ4n) is 5.16. The Kier molecular flexibility index (Phi) is 10.2. The van der Waals surface area contributed by atoms with Crippen LogP contribution in [0.5, 0.6) is 5.75 Å². The number of aromatic nitrogens is 2. The Hall–Kier alpha value is -3.94. The predicted octanol–water partition coefficient (Wildman–Crippen LogP) is 4.64. The number of halogens is 2. The van der Waals surface area contributed by atoms with E-state index in [9.17, 15) is 18.8 Å². The second-order valence-corrected chi connectivity index (χ2v) is 13.0. The van der Waals surface area contributed by atoms with E-state index in [1.807, 2.05) is 4.90 Å². The third-order valence-corrected chi connectivity index (χ3v) is 9.54. The molecule has 0 radical (unpaired) electrons. The van der Waals surface area contributed by atoms with Crippen molar-refractivity contribution < 1.29 is 28.2 Å². The number of amides is 2. The first-order valence-corrected chi connectivity index (χ1v) is 16.6. The SMILES string of the molecule is O=C(/C=C/CN1CCN(C(=O)CSC2CCOC2=O)CC1)Nc1cc2c(Nc3ccc(F)c(Cl)c3)ncnc2cc1OCC1CC1. The van der Waals surface area contributed by atoms with Crippen molar-refractivity contribution in [3.8, 4) is 5.75 Å². The highest BCUT2D eigenvalue weighted by atomic mass is 35.5. The van der Waals surface area contributed by atoms with Gasteiger partial charge in [-0.2, -0.15) is 0 Å². The highest BCUT2D eigenvalue weighted by Crippen LogP contribution is 2.36. The summed E-state index contributed by atoms with van der Waals surface area (Å²) in [6, 6.07) is 7.84. The number of benzene rings is 2. The highest BCUT2D eigenvalue weighted by molar-refractivity contribution is 8.01. The lowest BCUT2D eigenvalue weighted by molar-refractivity contribution is -0.137. The minimum atomic E-state index is -0.521. The summed E-state index contributed by atoms with van der Waals surface area (Å²) in [4.78, 5) is 50.0. The Morgan fingerprint density at radius 2 is 1.96 bits per heavy atom. The van der Waals surface area contributed by atoms with E-state index in [-0.39, 0.29) is 33.8 Å². The van der Waals surface area contributed by atoms with Crippen molar-refractivity contribution in [2.45, 2.75) is 24.5 Å². The molecule has 0 bridgehead atoms. The van der Waals surface area contributed by atoms with Crippen LogP contribution in [0.1, 0.15) is 19.3 Å². The van der Waals surface area contributed by atoms with E-state index in [4.69, 9.17) is 21.1 Å². The van der Waals surface area contributed by atoms with E-state index in [2.05, 4.69) is 25.5 Å². The van der Waals surface area contributed by atoms with Gasteiger partial charge in [-0.3, -0.25) is 19.3 Å². The average molecular weight is 669 g/mol. The van der Waals surface area contributed by atoms with Crippen molar-refractivity contribution in [1.29, 1.82) is 0 Å². The van der Waals surface area contributed by atoms with Crippen LogP contribution in [-0.2, 0) is 19.1 Å². The molecule has 3 aliphatic rings. The van der Waals surface area contributed by atoms with E-state index in [0.717, 1.165) is 12.8 Å². The summed E-state index contributed by atoms with van der Waals surface area (Å²) in [5.74, 6) is 0.709. The molecule has 2 aromatic carbocycles. The van der Waals surface area contributed by atoms with E-state index in [1.165, 1.54) is 36.3 Å². The standard InChI is InChI=1S/C32H34ClFN6O5S/c33-23-14-21(5-6-24(23)34)37-31-22-15-26(27(45-17-20-3-4-20)16-25(22)35-19-36-31)38-29(41)2-1-8-39-9-11-40(12-10-39)30(42)18-46-28-7-13-44-32(28)43/h1-2,5-6,14-16,19-20,28H,3-4,7-13,17-18H2,(H,38,41)(H,35,36,37)/b2-1+. The number of anilines is 3. The van der Waals surface area contributed by atoms with Crippen molar-refractivity contribution in [2.24, 2.45) is 5.92 Å².